The zero-order chi connectivity index (χ0) is 9.84. The Hall–Kier alpha value is -1.00. The lowest BCUT2D eigenvalue weighted by atomic mass is 10.1. The summed E-state index contributed by atoms with van der Waals surface area (Å²) in [7, 11) is 1.39. The maximum Gasteiger partial charge on any atom is 0.132 e. The van der Waals surface area contributed by atoms with Gasteiger partial charge in [-0.2, -0.15) is 0 Å². The number of halogens is 2. The zero-order valence-electron chi connectivity index (χ0n) is 7.13. The fourth-order valence-corrected chi connectivity index (χ4v) is 1.02. The van der Waals surface area contributed by atoms with Crippen LogP contribution in [-0.2, 0) is 4.74 Å². The van der Waals surface area contributed by atoms with Crippen LogP contribution in [0.5, 0.6) is 0 Å². The molecule has 1 rings (SSSR count). The van der Waals surface area contributed by atoms with Gasteiger partial charge < -0.3 is 9.84 Å². The SMILES string of the molecule is COCC(O)c1ccc(F)cc1F. The van der Waals surface area contributed by atoms with Crippen molar-refractivity contribution in [2.45, 2.75) is 6.10 Å². The van der Waals surface area contributed by atoms with E-state index in [9.17, 15) is 13.9 Å². The lowest BCUT2D eigenvalue weighted by Crippen LogP contribution is -2.07. The molecule has 1 N–H and O–H groups in total. The van der Waals surface area contributed by atoms with E-state index in [0.717, 1.165) is 12.1 Å². The first-order valence-corrected chi connectivity index (χ1v) is 3.77. The standard InChI is InChI=1S/C9H10F2O2/c1-13-5-9(12)7-3-2-6(10)4-8(7)11/h2-4,9,12H,5H2,1H3. The highest BCUT2D eigenvalue weighted by Crippen LogP contribution is 2.17. The van der Waals surface area contributed by atoms with Crippen molar-refractivity contribution >= 4 is 0 Å². The van der Waals surface area contributed by atoms with Gasteiger partial charge in [-0.3, -0.25) is 0 Å². The van der Waals surface area contributed by atoms with Crippen LogP contribution in [0.2, 0.25) is 0 Å². The van der Waals surface area contributed by atoms with Crippen LogP contribution in [0.4, 0.5) is 8.78 Å². The second kappa shape index (κ2) is 4.30. The second-order valence-electron chi connectivity index (χ2n) is 2.64. The Labute approximate surface area is 74.8 Å². The molecular formula is C9H10F2O2. The highest BCUT2D eigenvalue weighted by molar-refractivity contribution is 5.20. The highest BCUT2D eigenvalue weighted by atomic mass is 19.1. The second-order valence-corrected chi connectivity index (χ2v) is 2.64. The first-order chi connectivity index (χ1) is 6.15. The third-order valence-corrected chi connectivity index (χ3v) is 1.65. The topological polar surface area (TPSA) is 29.5 Å². The van der Waals surface area contributed by atoms with Crippen LogP contribution in [-0.4, -0.2) is 18.8 Å². The minimum Gasteiger partial charge on any atom is -0.386 e. The molecule has 0 saturated carbocycles. The molecule has 0 aliphatic rings. The first-order valence-electron chi connectivity index (χ1n) is 3.77. The van der Waals surface area contributed by atoms with Crippen molar-refractivity contribution in [2.75, 3.05) is 13.7 Å². The molecule has 0 fully saturated rings. The van der Waals surface area contributed by atoms with Gasteiger partial charge in [0.2, 0.25) is 0 Å². The normalized spacial score (nSPS) is 12.9. The number of hydrogen-bond donors (Lipinski definition) is 1. The van der Waals surface area contributed by atoms with E-state index >= 15 is 0 Å². The summed E-state index contributed by atoms with van der Waals surface area (Å²) in [5.74, 6) is -1.42. The molecular weight excluding hydrogens is 178 g/mol. The summed E-state index contributed by atoms with van der Waals surface area (Å²) in [5.41, 5.74) is 0.0447. The van der Waals surface area contributed by atoms with Crippen molar-refractivity contribution in [3.8, 4) is 0 Å². The van der Waals surface area contributed by atoms with Crippen LogP contribution in [0.3, 0.4) is 0 Å². The summed E-state index contributed by atoms with van der Waals surface area (Å²) in [5, 5.41) is 9.30. The fourth-order valence-electron chi connectivity index (χ4n) is 1.02. The zero-order valence-corrected chi connectivity index (χ0v) is 7.13. The number of aliphatic hydroxyl groups excluding tert-OH is 1. The van der Waals surface area contributed by atoms with Crippen LogP contribution in [0.1, 0.15) is 11.7 Å². The molecule has 1 aromatic rings. The Bertz CT molecular complexity index is 289. The first kappa shape index (κ1) is 10.1. The summed E-state index contributed by atoms with van der Waals surface area (Å²) in [6.45, 7) is -0.0114. The molecule has 0 bridgehead atoms. The maximum absolute atomic E-state index is 13.0. The van der Waals surface area contributed by atoms with Crippen LogP contribution in [0.15, 0.2) is 18.2 Å². The smallest absolute Gasteiger partial charge is 0.132 e. The molecule has 0 aliphatic carbocycles. The molecule has 0 aromatic heterocycles. The Morgan fingerprint density at radius 1 is 1.46 bits per heavy atom. The minimum atomic E-state index is -1.05. The highest BCUT2D eigenvalue weighted by Gasteiger charge is 2.12. The van der Waals surface area contributed by atoms with Crippen LogP contribution in [0.25, 0.3) is 0 Å². The van der Waals surface area contributed by atoms with E-state index in [1.165, 1.54) is 13.2 Å². The monoisotopic (exact) mass is 188 g/mol. The van der Waals surface area contributed by atoms with E-state index in [0.29, 0.717) is 0 Å². The van der Waals surface area contributed by atoms with Gasteiger partial charge in [-0.1, -0.05) is 6.07 Å². The summed E-state index contributed by atoms with van der Waals surface area (Å²) < 4.78 is 30.0. The number of benzene rings is 1. The predicted molar refractivity (Wildman–Crippen MR) is 43.2 cm³/mol. The van der Waals surface area contributed by atoms with E-state index in [1.54, 1.807) is 0 Å². The minimum absolute atomic E-state index is 0.0114. The summed E-state index contributed by atoms with van der Waals surface area (Å²) in [4.78, 5) is 0. The summed E-state index contributed by atoms with van der Waals surface area (Å²) in [6, 6.07) is 3.03. The van der Waals surface area contributed by atoms with Gasteiger partial charge in [0.05, 0.1) is 6.61 Å². The number of methoxy groups -OCH3 is 1. The van der Waals surface area contributed by atoms with Gasteiger partial charge in [0.1, 0.15) is 17.7 Å². The van der Waals surface area contributed by atoms with Crippen molar-refractivity contribution in [1.82, 2.24) is 0 Å². The average Bonchev–Trinajstić information content (AvgIpc) is 2.04. The average molecular weight is 188 g/mol. The van der Waals surface area contributed by atoms with Crippen molar-refractivity contribution in [1.29, 1.82) is 0 Å². The van der Waals surface area contributed by atoms with Gasteiger partial charge in [0, 0.05) is 18.7 Å². The number of rotatable bonds is 3. The molecule has 1 atom stereocenters. The van der Waals surface area contributed by atoms with E-state index in [1.807, 2.05) is 0 Å². The van der Waals surface area contributed by atoms with Crippen molar-refractivity contribution in [3.63, 3.8) is 0 Å². The third-order valence-electron chi connectivity index (χ3n) is 1.65. The summed E-state index contributed by atoms with van der Waals surface area (Å²) >= 11 is 0. The van der Waals surface area contributed by atoms with Crippen molar-refractivity contribution in [2.24, 2.45) is 0 Å². The van der Waals surface area contributed by atoms with E-state index in [-0.39, 0.29) is 12.2 Å². The van der Waals surface area contributed by atoms with Gasteiger partial charge in [0.25, 0.3) is 0 Å². The molecule has 2 nitrogen and oxygen atoms in total. The molecule has 72 valence electrons. The van der Waals surface area contributed by atoms with Gasteiger partial charge in [0.15, 0.2) is 0 Å². The summed E-state index contributed by atoms with van der Waals surface area (Å²) in [6.07, 6.45) is -1.05. The molecule has 0 saturated heterocycles. The van der Waals surface area contributed by atoms with Gasteiger partial charge in [-0.05, 0) is 6.07 Å². The van der Waals surface area contributed by atoms with Gasteiger partial charge in [-0.15, -0.1) is 0 Å². The maximum atomic E-state index is 13.0. The van der Waals surface area contributed by atoms with E-state index < -0.39 is 17.7 Å². The molecule has 0 heterocycles. The molecule has 13 heavy (non-hydrogen) atoms. The number of ether oxygens (including phenoxy) is 1. The molecule has 1 aromatic carbocycles. The number of hydrogen-bond acceptors (Lipinski definition) is 2. The Morgan fingerprint density at radius 2 is 2.15 bits per heavy atom. The quantitative estimate of drug-likeness (QED) is 0.781. The lowest BCUT2D eigenvalue weighted by Gasteiger charge is -2.10. The Kier molecular flexibility index (Phi) is 3.33. The molecule has 4 heteroatoms. The largest absolute Gasteiger partial charge is 0.386 e. The molecule has 0 amide bonds. The van der Waals surface area contributed by atoms with E-state index in [2.05, 4.69) is 4.74 Å². The van der Waals surface area contributed by atoms with Crippen LogP contribution >= 0.6 is 0 Å². The van der Waals surface area contributed by atoms with E-state index in [4.69, 9.17) is 0 Å². The lowest BCUT2D eigenvalue weighted by molar-refractivity contribution is 0.0620. The number of aliphatic hydroxyl groups is 1. The van der Waals surface area contributed by atoms with Crippen LogP contribution in [0, 0.1) is 11.6 Å². The van der Waals surface area contributed by atoms with Crippen molar-refractivity contribution < 1.29 is 18.6 Å². The molecule has 0 aliphatic heterocycles. The predicted octanol–water partition coefficient (Wildman–Crippen LogP) is 1.64. The molecule has 0 radical (unpaired) electrons. The Balaban J connectivity index is 2.88. The van der Waals surface area contributed by atoms with Crippen molar-refractivity contribution in [3.05, 3.63) is 35.4 Å². The molecule has 1 unspecified atom stereocenters. The van der Waals surface area contributed by atoms with Crippen LogP contribution < -0.4 is 0 Å². The van der Waals surface area contributed by atoms with Gasteiger partial charge in [-0.25, -0.2) is 8.78 Å². The fraction of sp³-hybridized carbons (Fsp3) is 0.333. The van der Waals surface area contributed by atoms with Gasteiger partial charge >= 0.3 is 0 Å². The Morgan fingerprint density at radius 3 is 2.69 bits per heavy atom. The third kappa shape index (κ3) is 2.47. The molecule has 0 spiro atoms.